The highest BCUT2D eigenvalue weighted by Gasteiger charge is 2.09. The van der Waals surface area contributed by atoms with Crippen LogP contribution < -0.4 is 10.1 Å². The molecule has 1 N–H and O–H groups in total. The van der Waals surface area contributed by atoms with Crippen LogP contribution in [0.5, 0.6) is 5.75 Å². The van der Waals surface area contributed by atoms with Crippen molar-refractivity contribution in [3.8, 4) is 16.3 Å². The normalized spacial score (nSPS) is 10.8. The first-order valence-corrected chi connectivity index (χ1v) is 6.95. The third kappa shape index (κ3) is 2.20. The van der Waals surface area contributed by atoms with Gasteiger partial charge in [0.1, 0.15) is 16.6 Å². The summed E-state index contributed by atoms with van der Waals surface area (Å²) in [4.78, 5) is 4.53. The molecule has 0 spiro atoms. The van der Waals surface area contributed by atoms with Gasteiger partial charge in [0, 0.05) is 12.6 Å². The van der Waals surface area contributed by atoms with Gasteiger partial charge in [-0.25, -0.2) is 9.37 Å². The lowest BCUT2D eigenvalue weighted by molar-refractivity contribution is 0.415. The fourth-order valence-electron chi connectivity index (χ4n) is 2.01. The molecule has 0 aliphatic carbocycles. The number of fused-ring (bicyclic) bond motifs is 1. The fraction of sp³-hybridized carbons (Fsp3) is 0.133. The van der Waals surface area contributed by atoms with Crippen LogP contribution in [0.15, 0.2) is 36.4 Å². The van der Waals surface area contributed by atoms with Crippen LogP contribution in [0, 0.1) is 5.82 Å². The average Bonchev–Trinajstić information content (AvgIpc) is 2.89. The number of nitrogens with zero attached hydrogens (tertiary/aromatic N) is 1. The summed E-state index contributed by atoms with van der Waals surface area (Å²) in [5.41, 5.74) is 2.15. The van der Waals surface area contributed by atoms with Gasteiger partial charge in [0.2, 0.25) is 0 Å². The number of thiazole rings is 1. The van der Waals surface area contributed by atoms with Crippen LogP contribution in [-0.4, -0.2) is 19.1 Å². The van der Waals surface area contributed by atoms with E-state index in [2.05, 4.69) is 10.3 Å². The SMILES string of the molecule is CNc1ccc(-c2nc3ccc(OC)cc3s2)cc1F. The Morgan fingerprint density at radius 2 is 2.05 bits per heavy atom. The van der Waals surface area contributed by atoms with Crippen LogP contribution in [0.1, 0.15) is 0 Å². The molecule has 3 rings (SSSR count). The topological polar surface area (TPSA) is 34.2 Å². The number of rotatable bonds is 3. The summed E-state index contributed by atoms with van der Waals surface area (Å²) in [7, 11) is 3.33. The van der Waals surface area contributed by atoms with Crippen LogP contribution in [0.25, 0.3) is 20.8 Å². The summed E-state index contributed by atoms with van der Waals surface area (Å²) < 4.78 is 20.0. The molecule has 0 fully saturated rings. The molecule has 1 aromatic heterocycles. The molecule has 0 amide bonds. The Kier molecular flexibility index (Phi) is 3.28. The Labute approximate surface area is 120 Å². The molecule has 3 aromatic rings. The van der Waals surface area contributed by atoms with Crippen LogP contribution in [-0.2, 0) is 0 Å². The number of methoxy groups -OCH3 is 1. The van der Waals surface area contributed by atoms with Crippen LogP contribution >= 0.6 is 11.3 Å². The summed E-state index contributed by atoms with van der Waals surface area (Å²) in [6, 6.07) is 10.8. The van der Waals surface area contributed by atoms with Gasteiger partial charge in [-0.15, -0.1) is 11.3 Å². The molecule has 3 nitrogen and oxygen atoms in total. The number of aromatic nitrogens is 1. The van der Waals surface area contributed by atoms with E-state index in [-0.39, 0.29) is 5.82 Å². The number of ether oxygens (including phenoxy) is 1. The zero-order valence-corrected chi connectivity index (χ0v) is 11.9. The molecule has 0 aliphatic heterocycles. The number of anilines is 1. The van der Waals surface area contributed by atoms with Gasteiger partial charge in [-0.2, -0.15) is 0 Å². The second kappa shape index (κ2) is 5.09. The third-order valence-electron chi connectivity index (χ3n) is 3.08. The molecule has 0 atom stereocenters. The van der Waals surface area contributed by atoms with E-state index in [1.165, 1.54) is 17.4 Å². The Bertz CT molecular complexity index is 770. The van der Waals surface area contributed by atoms with E-state index >= 15 is 0 Å². The second-order valence-electron chi connectivity index (χ2n) is 4.30. The smallest absolute Gasteiger partial charge is 0.146 e. The lowest BCUT2D eigenvalue weighted by Crippen LogP contribution is -1.92. The first kappa shape index (κ1) is 12.9. The largest absolute Gasteiger partial charge is 0.497 e. The second-order valence-corrected chi connectivity index (χ2v) is 5.33. The van der Waals surface area contributed by atoms with Crippen molar-refractivity contribution in [3.63, 3.8) is 0 Å². The average molecular weight is 288 g/mol. The zero-order valence-electron chi connectivity index (χ0n) is 11.1. The Morgan fingerprint density at radius 3 is 2.75 bits per heavy atom. The summed E-state index contributed by atoms with van der Waals surface area (Å²) in [5.74, 6) is 0.520. The van der Waals surface area contributed by atoms with Crippen LogP contribution in [0.4, 0.5) is 10.1 Å². The highest BCUT2D eigenvalue weighted by atomic mass is 32.1. The van der Waals surface area contributed by atoms with Crippen molar-refractivity contribution in [2.24, 2.45) is 0 Å². The molecule has 0 radical (unpaired) electrons. The van der Waals surface area contributed by atoms with E-state index < -0.39 is 0 Å². The van der Waals surface area contributed by atoms with Crippen molar-refractivity contribution >= 4 is 27.2 Å². The molecule has 0 saturated carbocycles. The van der Waals surface area contributed by atoms with Crippen LogP contribution in [0.3, 0.4) is 0 Å². The van der Waals surface area contributed by atoms with E-state index in [4.69, 9.17) is 4.74 Å². The number of hydrogen-bond donors (Lipinski definition) is 1. The summed E-state index contributed by atoms with van der Waals surface area (Å²) >= 11 is 1.52. The maximum absolute atomic E-state index is 13.8. The monoisotopic (exact) mass is 288 g/mol. The molecule has 0 unspecified atom stereocenters. The van der Waals surface area contributed by atoms with E-state index in [0.29, 0.717) is 5.69 Å². The first-order chi connectivity index (χ1) is 9.71. The lowest BCUT2D eigenvalue weighted by atomic mass is 10.2. The lowest BCUT2D eigenvalue weighted by Gasteiger charge is -2.03. The maximum Gasteiger partial charge on any atom is 0.146 e. The quantitative estimate of drug-likeness (QED) is 0.786. The van der Waals surface area contributed by atoms with Crippen molar-refractivity contribution in [1.82, 2.24) is 4.98 Å². The molecular formula is C15H13FN2OS. The minimum Gasteiger partial charge on any atom is -0.497 e. The molecular weight excluding hydrogens is 275 g/mol. The van der Waals surface area contributed by atoms with Gasteiger partial charge in [-0.1, -0.05) is 0 Å². The minimum absolute atomic E-state index is 0.276. The van der Waals surface area contributed by atoms with Gasteiger partial charge < -0.3 is 10.1 Å². The predicted molar refractivity (Wildman–Crippen MR) is 81.1 cm³/mol. The molecule has 102 valence electrons. The Hall–Kier alpha value is -2.14. The fourth-order valence-corrected chi connectivity index (χ4v) is 3.00. The maximum atomic E-state index is 13.8. The molecule has 0 bridgehead atoms. The van der Waals surface area contributed by atoms with Gasteiger partial charge in [0.05, 0.1) is 23.0 Å². The van der Waals surface area contributed by atoms with E-state index in [0.717, 1.165) is 26.5 Å². The molecule has 5 heteroatoms. The molecule has 0 saturated heterocycles. The molecule has 2 aromatic carbocycles. The zero-order chi connectivity index (χ0) is 14.1. The minimum atomic E-state index is -0.276. The van der Waals surface area contributed by atoms with Crippen molar-refractivity contribution in [2.75, 3.05) is 19.5 Å². The Balaban J connectivity index is 2.07. The molecule has 0 aliphatic rings. The first-order valence-electron chi connectivity index (χ1n) is 6.13. The predicted octanol–water partition coefficient (Wildman–Crippen LogP) is 4.15. The van der Waals surface area contributed by atoms with Gasteiger partial charge >= 0.3 is 0 Å². The molecule has 20 heavy (non-hydrogen) atoms. The van der Waals surface area contributed by atoms with Gasteiger partial charge in [0.25, 0.3) is 0 Å². The highest BCUT2D eigenvalue weighted by Crippen LogP contribution is 2.33. The van der Waals surface area contributed by atoms with Gasteiger partial charge in [-0.3, -0.25) is 0 Å². The Morgan fingerprint density at radius 1 is 1.20 bits per heavy atom. The third-order valence-corrected chi connectivity index (χ3v) is 4.15. The highest BCUT2D eigenvalue weighted by molar-refractivity contribution is 7.21. The van der Waals surface area contributed by atoms with Crippen molar-refractivity contribution in [1.29, 1.82) is 0 Å². The van der Waals surface area contributed by atoms with Gasteiger partial charge in [-0.05, 0) is 36.4 Å². The van der Waals surface area contributed by atoms with Crippen molar-refractivity contribution < 1.29 is 9.13 Å². The summed E-state index contributed by atoms with van der Waals surface area (Å²) in [5, 5.41) is 3.61. The van der Waals surface area contributed by atoms with Crippen LogP contribution in [0.2, 0.25) is 0 Å². The summed E-state index contributed by atoms with van der Waals surface area (Å²) in [6.07, 6.45) is 0. The molecule has 1 heterocycles. The standard InChI is InChI=1S/C15H13FN2OS/c1-17-12-5-3-9(7-11(12)16)15-18-13-6-4-10(19-2)8-14(13)20-15/h3-8,17H,1-2H3. The van der Waals surface area contributed by atoms with Gasteiger partial charge in [0.15, 0.2) is 0 Å². The summed E-state index contributed by atoms with van der Waals surface area (Å²) in [6.45, 7) is 0. The number of nitrogens with one attached hydrogen (secondary N) is 1. The van der Waals surface area contributed by atoms with Crippen molar-refractivity contribution in [2.45, 2.75) is 0 Å². The van der Waals surface area contributed by atoms with E-state index in [1.54, 1.807) is 20.2 Å². The van der Waals surface area contributed by atoms with E-state index in [1.807, 2.05) is 24.3 Å². The number of benzene rings is 2. The van der Waals surface area contributed by atoms with E-state index in [9.17, 15) is 4.39 Å². The number of hydrogen-bond acceptors (Lipinski definition) is 4. The number of halogens is 1. The van der Waals surface area contributed by atoms with Crippen molar-refractivity contribution in [3.05, 3.63) is 42.2 Å².